The molecule has 1 aromatic carbocycles. The third-order valence-corrected chi connectivity index (χ3v) is 2.19. The molecule has 0 saturated heterocycles. The summed E-state index contributed by atoms with van der Waals surface area (Å²) in [6, 6.07) is 4.70. The van der Waals surface area contributed by atoms with Gasteiger partial charge in [-0.25, -0.2) is 0 Å². The first-order valence-electron chi connectivity index (χ1n) is 4.42. The van der Waals surface area contributed by atoms with Crippen LogP contribution in [0.5, 0.6) is 5.75 Å². The van der Waals surface area contributed by atoms with Gasteiger partial charge in [0.25, 0.3) is 0 Å². The van der Waals surface area contributed by atoms with Gasteiger partial charge in [-0.1, -0.05) is 11.6 Å². The third kappa shape index (κ3) is 3.41. The van der Waals surface area contributed by atoms with Crippen molar-refractivity contribution in [3.63, 3.8) is 0 Å². The Kier molecular flexibility index (Phi) is 4.39. The number of aliphatic carboxylic acids is 1. The van der Waals surface area contributed by atoms with Gasteiger partial charge in [0.1, 0.15) is 11.3 Å². The predicted octanol–water partition coefficient (Wildman–Crippen LogP) is 0.990. The summed E-state index contributed by atoms with van der Waals surface area (Å²) >= 11 is 5.90. The summed E-state index contributed by atoms with van der Waals surface area (Å²) in [5.41, 5.74) is 6.42. The fourth-order valence-corrected chi connectivity index (χ4v) is 1.31. The Balaban J connectivity index is 3.20. The van der Waals surface area contributed by atoms with E-state index in [0.29, 0.717) is 16.3 Å². The minimum Gasteiger partial charge on any atom is -0.543 e. The van der Waals surface area contributed by atoms with E-state index in [2.05, 4.69) is 10.0 Å². The van der Waals surface area contributed by atoms with Gasteiger partial charge in [0.05, 0.1) is 18.1 Å². The number of carbonyl (C=O) groups excluding carboxylic acids is 1. The molecule has 0 fully saturated rings. The molecule has 88 valence electrons. The van der Waals surface area contributed by atoms with Crippen molar-refractivity contribution in [2.75, 3.05) is 7.11 Å². The van der Waals surface area contributed by atoms with Crippen LogP contribution in [0.3, 0.4) is 0 Å². The first-order valence-corrected chi connectivity index (χ1v) is 4.80. The largest absolute Gasteiger partial charge is 0.543 e. The van der Waals surface area contributed by atoms with E-state index in [1.165, 1.54) is 13.2 Å². The first-order chi connectivity index (χ1) is 8.08. The fourth-order valence-electron chi connectivity index (χ4n) is 1.08. The smallest absolute Gasteiger partial charge is 0.220 e. The fraction of sp³-hybridized carbons (Fsp3) is 0.100. The minimum absolute atomic E-state index is 0.295. The molecule has 1 N–H and O–H groups in total. The van der Waals surface area contributed by atoms with Crippen molar-refractivity contribution in [3.05, 3.63) is 34.5 Å². The third-order valence-electron chi connectivity index (χ3n) is 1.87. The minimum atomic E-state index is -1.53. The van der Waals surface area contributed by atoms with E-state index in [4.69, 9.17) is 21.9 Å². The molecule has 0 heterocycles. The summed E-state index contributed by atoms with van der Waals surface area (Å²) < 4.78 is 4.94. The average Bonchev–Trinajstić information content (AvgIpc) is 2.30. The number of carboxylic acid groups (broad SMARTS) is 1. The van der Waals surface area contributed by atoms with Gasteiger partial charge in [-0.2, -0.15) is 0 Å². The van der Waals surface area contributed by atoms with Crippen LogP contribution in [0.15, 0.2) is 29.0 Å². The van der Waals surface area contributed by atoms with E-state index < -0.39 is 11.7 Å². The summed E-state index contributed by atoms with van der Waals surface area (Å²) in [6.45, 7) is 0. The van der Waals surface area contributed by atoms with Gasteiger partial charge in [0.2, 0.25) is 4.91 Å². The van der Waals surface area contributed by atoms with Crippen LogP contribution in [0.4, 0.5) is 0 Å². The highest BCUT2D eigenvalue weighted by atomic mass is 35.5. The molecule has 0 aromatic heterocycles. The van der Waals surface area contributed by atoms with Gasteiger partial charge in [-0.15, -0.1) is 0 Å². The molecular weight excluding hydrogens is 246 g/mol. The van der Waals surface area contributed by atoms with Crippen molar-refractivity contribution < 1.29 is 14.6 Å². The molecular formula is C10H8ClN3O3. The van der Waals surface area contributed by atoms with Crippen molar-refractivity contribution in [1.82, 2.24) is 4.91 Å². The molecule has 0 aliphatic rings. The summed E-state index contributed by atoms with van der Waals surface area (Å²) in [4.78, 5) is 13.3. The number of ether oxygens (including phenoxy) is 1. The van der Waals surface area contributed by atoms with Gasteiger partial charge in [-0.05, 0) is 29.8 Å². The average molecular weight is 254 g/mol. The van der Waals surface area contributed by atoms with Crippen molar-refractivity contribution in [2.45, 2.75) is 0 Å². The molecule has 17 heavy (non-hydrogen) atoms. The van der Waals surface area contributed by atoms with Crippen LogP contribution in [-0.4, -0.2) is 13.1 Å². The van der Waals surface area contributed by atoms with Crippen LogP contribution in [0, 0.1) is 5.53 Å². The highest BCUT2D eigenvalue weighted by Gasteiger charge is 2.06. The number of hydrogen-bond donors (Lipinski definition) is 1. The van der Waals surface area contributed by atoms with Crippen LogP contribution < -0.4 is 14.8 Å². The maximum Gasteiger partial charge on any atom is 0.220 e. The number of methoxy groups -OCH3 is 1. The van der Waals surface area contributed by atoms with E-state index in [9.17, 15) is 9.90 Å². The Bertz CT molecular complexity index is 518. The molecule has 0 spiro atoms. The highest BCUT2D eigenvalue weighted by molar-refractivity contribution is 6.32. The molecule has 0 aliphatic carbocycles. The second kappa shape index (κ2) is 5.79. The summed E-state index contributed by atoms with van der Waals surface area (Å²) in [5.74, 6) is -0.989. The SMILES string of the molecule is COc1ccc(/C=C(\N=[N+]=N)C(=O)[O-])c(Cl)c1. The Morgan fingerprint density at radius 1 is 1.65 bits per heavy atom. The highest BCUT2D eigenvalue weighted by Crippen LogP contribution is 2.24. The molecule has 0 bridgehead atoms. The first kappa shape index (κ1) is 12.9. The normalized spacial score (nSPS) is 10.6. The van der Waals surface area contributed by atoms with Crippen LogP contribution >= 0.6 is 11.6 Å². The maximum atomic E-state index is 10.6. The lowest BCUT2D eigenvalue weighted by atomic mass is 10.2. The second-order valence-corrected chi connectivity index (χ2v) is 3.31. The van der Waals surface area contributed by atoms with Gasteiger partial charge >= 0.3 is 0 Å². The standard InChI is InChI=1S/C10H8ClN3O3/c1-17-7-3-2-6(8(11)5-7)4-9(10(15)16)13-14-12/h2-5,12H,1H3/b9-4-. The quantitative estimate of drug-likeness (QED) is 0.492. The Labute approximate surface area is 102 Å². The van der Waals surface area contributed by atoms with Crippen molar-refractivity contribution in [2.24, 2.45) is 5.11 Å². The zero-order valence-electron chi connectivity index (χ0n) is 8.81. The zero-order chi connectivity index (χ0) is 12.8. The maximum absolute atomic E-state index is 10.6. The van der Waals surface area contributed by atoms with Crippen LogP contribution in [-0.2, 0) is 4.79 Å². The number of nitrogens with one attached hydrogen (secondary N) is 1. The van der Waals surface area contributed by atoms with E-state index in [1.54, 1.807) is 12.1 Å². The molecule has 0 atom stereocenters. The summed E-state index contributed by atoms with van der Waals surface area (Å²) in [5, 5.41) is 14.0. The lowest BCUT2D eigenvalue weighted by Crippen LogP contribution is -2.23. The van der Waals surface area contributed by atoms with E-state index >= 15 is 0 Å². The van der Waals surface area contributed by atoms with Crippen LogP contribution in [0.25, 0.3) is 6.08 Å². The summed E-state index contributed by atoms with van der Waals surface area (Å²) in [7, 11) is 1.49. The molecule has 1 rings (SSSR count). The number of nitrogens with zero attached hydrogens (tertiary/aromatic N) is 2. The Morgan fingerprint density at radius 2 is 2.35 bits per heavy atom. The van der Waals surface area contributed by atoms with E-state index in [-0.39, 0.29) is 0 Å². The number of carboxylic acids is 1. The van der Waals surface area contributed by atoms with E-state index in [0.717, 1.165) is 6.08 Å². The van der Waals surface area contributed by atoms with Crippen molar-refractivity contribution in [1.29, 1.82) is 5.53 Å². The monoisotopic (exact) mass is 253 g/mol. The molecule has 1 aromatic rings. The molecule has 0 radical (unpaired) electrons. The number of rotatable bonds is 4. The number of halogens is 1. The lowest BCUT2D eigenvalue weighted by molar-refractivity contribution is -0.299. The number of carbonyl (C=O) groups is 1. The molecule has 0 amide bonds. The molecule has 6 nitrogen and oxygen atoms in total. The molecule has 0 saturated carbocycles. The number of benzene rings is 1. The van der Waals surface area contributed by atoms with Gasteiger partial charge in [-0.3, -0.25) is 0 Å². The van der Waals surface area contributed by atoms with Gasteiger partial charge < -0.3 is 14.6 Å². The molecule has 0 unspecified atom stereocenters. The Hall–Kier alpha value is -2.17. The zero-order valence-corrected chi connectivity index (χ0v) is 9.56. The van der Waals surface area contributed by atoms with Crippen LogP contribution in [0.2, 0.25) is 5.02 Å². The second-order valence-electron chi connectivity index (χ2n) is 2.90. The van der Waals surface area contributed by atoms with Crippen molar-refractivity contribution in [3.8, 4) is 5.75 Å². The van der Waals surface area contributed by atoms with Gasteiger partial charge in [0, 0.05) is 0 Å². The lowest BCUT2D eigenvalue weighted by Gasteiger charge is -2.03. The van der Waals surface area contributed by atoms with Crippen molar-refractivity contribution >= 4 is 23.6 Å². The number of hydrogen-bond acceptors (Lipinski definition) is 5. The van der Waals surface area contributed by atoms with Gasteiger partial charge in [0.15, 0.2) is 10.8 Å². The molecule has 7 heteroatoms. The van der Waals surface area contributed by atoms with E-state index in [1.807, 2.05) is 0 Å². The molecule has 0 aliphatic heterocycles. The summed E-state index contributed by atoms with van der Waals surface area (Å²) in [6.07, 6.45) is 1.16. The topological polar surface area (TPSA) is 99.7 Å². The Morgan fingerprint density at radius 3 is 2.82 bits per heavy atom. The van der Waals surface area contributed by atoms with Crippen LogP contribution in [0.1, 0.15) is 5.56 Å². The predicted molar refractivity (Wildman–Crippen MR) is 58.3 cm³/mol.